The Kier molecular flexibility index (Phi) is 3.11. The molecule has 0 fully saturated rings. The third-order valence-electron chi connectivity index (χ3n) is 4.19. The minimum atomic E-state index is -0.0354. The summed E-state index contributed by atoms with van der Waals surface area (Å²) in [6.07, 6.45) is 0. The average molecular weight is 358 g/mol. The van der Waals surface area contributed by atoms with Gasteiger partial charge >= 0.3 is 0 Å². The van der Waals surface area contributed by atoms with Gasteiger partial charge in [0.25, 0.3) is 0 Å². The van der Waals surface area contributed by atoms with Gasteiger partial charge in [-0.3, -0.25) is 4.79 Å². The molecule has 4 nitrogen and oxygen atoms in total. The van der Waals surface area contributed by atoms with Gasteiger partial charge in [-0.2, -0.15) is 0 Å². The van der Waals surface area contributed by atoms with Crippen LogP contribution in [0.25, 0.3) is 0 Å². The number of benzene rings is 2. The Balaban J connectivity index is 1.72. The third kappa shape index (κ3) is 2.25. The van der Waals surface area contributed by atoms with E-state index in [0.717, 1.165) is 29.9 Å². The summed E-state index contributed by atoms with van der Waals surface area (Å²) in [7, 11) is 0. The van der Waals surface area contributed by atoms with Crippen LogP contribution in [0.3, 0.4) is 0 Å². The SMILES string of the molecule is CC(=O)Nc1ccc2c(c1)CN1CN2Cc2cc(Br)ccc21. The fourth-order valence-corrected chi connectivity index (χ4v) is 3.74. The Bertz CT molecular complexity index is 774. The van der Waals surface area contributed by atoms with Crippen molar-refractivity contribution in [2.24, 2.45) is 0 Å². The van der Waals surface area contributed by atoms with Crippen LogP contribution >= 0.6 is 15.9 Å². The molecule has 0 atom stereocenters. The zero-order valence-corrected chi connectivity index (χ0v) is 13.9. The highest BCUT2D eigenvalue weighted by Crippen LogP contribution is 2.39. The zero-order valence-electron chi connectivity index (χ0n) is 12.3. The Morgan fingerprint density at radius 2 is 1.68 bits per heavy atom. The van der Waals surface area contributed by atoms with Crippen molar-refractivity contribution >= 4 is 38.9 Å². The molecule has 1 amide bonds. The van der Waals surface area contributed by atoms with E-state index in [1.807, 2.05) is 6.07 Å². The summed E-state index contributed by atoms with van der Waals surface area (Å²) < 4.78 is 1.12. The summed E-state index contributed by atoms with van der Waals surface area (Å²) in [6, 6.07) is 12.6. The quantitative estimate of drug-likeness (QED) is 0.844. The largest absolute Gasteiger partial charge is 0.349 e. The number of nitrogens with one attached hydrogen (secondary N) is 1. The maximum Gasteiger partial charge on any atom is 0.221 e. The molecule has 5 heteroatoms. The van der Waals surface area contributed by atoms with Gasteiger partial charge in [-0.15, -0.1) is 0 Å². The molecule has 0 radical (unpaired) electrons. The number of amides is 1. The van der Waals surface area contributed by atoms with E-state index < -0.39 is 0 Å². The van der Waals surface area contributed by atoms with Gasteiger partial charge in [-0.1, -0.05) is 15.9 Å². The van der Waals surface area contributed by atoms with Gasteiger partial charge in [0.1, 0.15) is 0 Å². The van der Waals surface area contributed by atoms with Crippen LogP contribution in [-0.4, -0.2) is 12.6 Å². The van der Waals surface area contributed by atoms with Crippen LogP contribution in [0.5, 0.6) is 0 Å². The zero-order chi connectivity index (χ0) is 15.3. The monoisotopic (exact) mass is 357 g/mol. The average Bonchev–Trinajstić information content (AvgIpc) is 2.46. The van der Waals surface area contributed by atoms with Crippen LogP contribution < -0.4 is 15.1 Å². The second kappa shape index (κ2) is 5.02. The first-order valence-electron chi connectivity index (χ1n) is 7.29. The van der Waals surface area contributed by atoms with Gasteiger partial charge in [-0.05, 0) is 47.5 Å². The number of hydrogen-bond acceptors (Lipinski definition) is 3. The lowest BCUT2D eigenvalue weighted by molar-refractivity contribution is -0.114. The number of carbonyl (C=O) groups excluding carboxylic acids is 1. The van der Waals surface area contributed by atoms with Gasteiger partial charge in [-0.25, -0.2) is 0 Å². The molecule has 0 unspecified atom stereocenters. The van der Waals surface area contributed by atoms with E-state index in [1.54, 1.807) is 0 Å². The van der Waals surface area contributed by atoms with Crippen LogP contribution in [0.1, 0.15) is 18.1 Å². The Labute approximate surface area is 137 Å². The van der Waals surface area contributed by atoms with Gasteiger partial charge in [0.05, 0.1) is 6.67 Å². The van der Waals surface area contributed by atoms with Crippen LogP contribution in [0, 0.1) is 0 Å². The van der Waals surface area contributed by atoms with E-state index in [1.165, 1.54) is 29.4 Å². The number of nitrogens with zero attached hydrogens (tertiary/aromatic N) is 2. The smallest absolute Gasteiger partial charge is 0.221 e. The molecular formula is C17H16BrN3O. The normalized spacial score (nSPS) is 15.2. The topological polar surface area (TPSA) is 35.6 Å². The summed E-state index contributed by atoms with van der Waals surface area (Å²) in [5.41, 5.74) is 6.03. The van der Waals surface area contributed by atoms with Crippen LogP contribution in [0.15, 0.2) is 40.9 Å². The number of hydrogen-bond donors (Lipinski definition) is 1. The lowest BCUT2D eigenvalue weighted by atomic mass is 10.0. The van der Waals surface area contributed by atoms with E-state index in [2.05, 4.69) is 61.4 Å². The predicted molar refractivity (Wildman–Crippen MR) is 92.1 cm³/mol. The van der Waals surface area contributed by atoms with Gasteiger partial charge in [0.2, 0.25) is 5.91 Å². The van der Waals surface area contributed by atoms with E-state index in [-0.39, 0.29) is 5.91 Å². The molecule has 2 aliphatic heterocycles. The summed E-state index contributed by atoms with van der Waals surface area (Å²) in [4.78, 5) is 16.0. The van der Waals surface area contributed by atoms with E-state index >= 15 is 0 Å². The fraction of sp³-hybridized carbons (Fsp3) is 0.235. The van der Waals surface area contributed by atoms with Crippen LogP contribution in [-0.2, 0) is 17.9 Å². The number of anilines is 3. The lowest BCUT2D eigenvalue weighted by Crippen LogP contribution is -2.46. The van der Waals surface area contributed by atoms with Gasteiger partial charge in [0, 0.05) is 41.5 Å². The Morgan fingerprint density at radius 3 is 2.36 bits per heavy atom. The van der Waals surface area contributed by atoms with Crippen molar-refractivity contribution < 1.29 is 4.79 Å². The maximum atomic E-state index is 11.2. The fourth-order valence-electron chi connectivity index (χ4n) is 3.33. The number of fused-ring (bicyclic) bond motifs is 6. The lowest BCUT2D eigenvalue weighted by Gasteiger charge is -2.45. The molecule has 2 aromatic carbocycles. The Morgan fingerprint density at radius 1 is 1.05 bits per heavy atom. The number of carbonyl (C=O) groups is 1. The van der Waals surface area contributed by atoms with Crippen molar-refractivity contribution in [1.29, 1.82) is 0 Å². The van der Waals surface area contributed by atoms with Crippen molar-refractivity contribution in [1.82, 2.24) is 0 Å². The molecule has 1 N–H and O–H groups in total. The van der Waals surface area contributed by atoms with Gasteiger partial charge < -0.3 is 15.1 Å². The molecule has 2 aromatic rings. The summed E-state index contributed by atoms with van der Waals surface area (Å²) in [5, 5.41) is 2.87. The molecule has 22 heavy (non-hydrogen) atoms. The second-order valence-corrected chi connectivity index (χ2v) is 6.75. The van der Waals surface area contributed by atoms with Crippen molar-refractivity contribution in [2.45, 2.75) is 20.0 Å². The van der Waals surface area contributed by atoms with Gasteiger partial charge in [0.15, 0.2) is 0 Å². The molecule has 2 bridgehead atoms. The minimum absolute atomic E-state index is 0.0354. The molecule has 0 aliphatic carbocycles. The number of halogens is 1. The molecule has 0 saturated heterocycles. The first-order valence-corrected chi connectivity index (χ1v) is 8.08. The molecule has 2 aliphatic rings. The highest BCUT2D eigenvalue weighted by molar-refractivity contribution is 9.10. The molecule has 0 spiro atoms. The van der Waals surface area contributed by atoms with Crippen molar-refractivity contribution in [3.05, 3.63) is 52.0 Å². The molecule has 4 rings (SSSR count). The van der Waals surface area contributed by atoms with Crippen molar-refractivity contribution in [2.75, 3.05) is 21.8 Å². The molecule has 0 saturated carbocycles. The van der Waals surface area contributed by atoms with E-state index in [9.17, 15) is 4.79 Å². The van der Waals surface area contributed by atoms with E-state index in [4.69, 9.17) is 0 Å². The standard InChI is InChI=1S/C17H16BrN3O/c1-11(22)19-15-3-5-17-13(7-15)9-21-10-20(17)8-12-6-14(18)2-4-16(12)21/h2-7H,8-10H2,1H3,(H,19,22). The highest BCUT2D eigenvalue weighted by atomic mass is 79.9. The third-order valence-corrected chi connectivity index (χ3v) is 4.68. The maximum absolute atomic E-state index is 11.2. The molecular weight excluding hydrogens is 342 g/mol. The highest BCUT2D eigenvalue weighted by Gasteiger charge is 2.29. The first kappa shape index (κ1) is 13.6. The van der Waals surface area contributed by atoms with E-state index in [0.29, 0.717) is 0 Å². The Hall–Kier alpha value is -2.01. The van der Waals surface area contributed by atoms with Crippen LogP contribution in [0.4, 0.5) is 17.1 Å². The first-order chi connectivity index (χ1) is 10.6. The number of rotatable bonds is 1. The van der Waals surface area contributed by atoms with Crippen molar-refractivity contribution in [3.63, 3.8) is 0 Å². The predicted octanol–water partition coefficient (Wildman–Crippen LogP) is 3.71. The summed E-state index contributed by atoms with van der Waals surface area (Å²) >= 11 is 3.56. The second-order valence-electron chi connectivity index (χ2n) is 5.84. The summed E-state index contributed by atoms with van der Waals surface area (Å²) in [6.45, 7) is 4.24. The summed E-state index contributed by atoms with van der Waals surface area (Å²) in [5.74, 6) is -0.0354. The minimum Gasteiger partial charge on any atom is -0.349 e. The van der Waals surface area contributed by atoms with Crippen LogP contribution in [0.2, 0.25) is 0 Å². The molecule has 112 valence electrons. The molecule has 2 heterocycles. The molecule has 0 aromatic heterocycles. The van der Waals surface area contributed by atoms with Crippen molar-refractivity contribution in [3.8, 4) is 0 Å².